The molecule has 0 radical (unpaired) electrons. The van der Waals surface area contributed by atoms with Crippen LogP contribution < -0.4 is 16.4 Å². The van der Waals surface area contributed by atoms with Crippen LogP contribution >= 0.6 is 0 Å². The average molecular weight is 448 g/mol. The number of anilines is 2. The molecule has 0 saturated carbocycles. The van der Waals surface area contributed by atoms with Gasteiger partial charge in [0.25, 0.3) is 5.91 Å². The SMILES string of the molecule is NC(CCO)(CCO)c1ccc(N/C(=C2\C(=O)Nc3cc(F)ccc32)c2ccccc2)cc1. The highest BCUT2D eigenvalue weighted by Gasteiger charge is 2.29. The number of hydrogen-bond donors (Lipinski definition) is 5. The van der Waals surface area contributed by atoms with Crippen molar-refractivity contribution < 1.29 is 19.4 Å². The quantitative estimate of drug-likeness (QED) is 0.339. The summed E-state index contributed by atoms with van der Waals surface area (Å²) in [7, 11) is 0. The first kappa shape index (κ1) is 22.7. The maximum Gasteiger partial charge on any atom is 0.258 e. The summed E-state index contributed by atoms with van der Waals surface area (Å²) in [4.78, 5) is 12.9. The molecule has 1 aliphatic heterocycles. The predicted molar refractivity (Wildman–Crippen MR) is 128 cm³/mol. The molecule has 0 unspecified atom stereocenters. The zero-order chi connectivity index (χ0) is 23.4. The summed E-state index contributed by atoms with van der Waals surface area (Å²) in [5.74, 6) is -0.735. The number of carbonyl (C=O) groups excluding carboxylic acids is 1. The van der Waals surface area contributed by atoms with E-state index in [-0.39, 0.29) is 19.1 Å². The Morgan fingerprint density at radius 2 is 1.64 bits per heavy atom. The first-order valence-corrected chi connectivity index (χ1v) is 10.7. The molecule has 0 atom stereocenters. The van der Waals surface area contributed by atoms with E-state index in [0.29, 0.717) is 35.4 Å². The minimum absolute atomic E-state index is 0.0874. The molecule has 0 aliphatic carbocycles. The number of aliphatic hydroxyl groups excluding tert-OH is 2. The van der Waals surface area contributed by atoms with Crippen molar-refractivity contribution >= 4 is 28.6 Å². The molecule has 1 heterocycles. The number of hydrogen-bond acceptors (Lipinski definition) is 5. The van der Waals surface area contributed by atoms with Crippen molar-refractivity contribution in [2.24, 2.45) is 5.73 Å². The van der Waals surface area contributed by atoms with E-state index in [1.54, 1.807) is 6.07 Å². The third-order valence-corrected chi connectivity index (χ3v) is 5.88. The van der Waals surface area contributed by atoms with Crippen LogP contribution in [-0.2, 0) is 10.3 Å². The maximum atomic E-state index is 13.7. The molecule has 0 aromatic heterocycles. The lowest BCUT2D eigenvalue weighted by atomic mass is 9.85. The first-order chi connectivity index (χ1) is 15.9. The van der Waals surface area contributed by atoms with Gasteiger partial charge in [0.1, 0.15) is 5.82 Å². The van der Waals surface area contributed by atoms with Crippen LogP contribution in [0.15, 0.2) is 72.8 Å². The number of nitrogens with one attached hydrogen (secondary N) is 2. The van der Waals surface area contributed by atoms with E-state index < -0.39 is 11.4 Å². The van der Waals surface area contributed by atoms with Gasteiger partial charge in [-0.15, -0.1) is 0 Å². The van der Waals surface area contributed by atoms with Gasteiger partial charge in [0.2, 0.25) is 0 Å². The zero-order valence-electron chi connectivity index (χ0n) is 18.0. The van der Waals surface area contributed by atoms with Gasteiger partial charge >= 0.3 is 0 Å². The molecular weight excluding hydrogens is 421 g/mol. The Balaban J connectivity index is 1.75. The Morgan fingerprint density at radius 3 is 2.27 bits per heavy atom. The van der Waals surface area contributed by atoms with E-state index in [1.807, 2.05) is 54.6 Å². The van der Waals surface area contributed by atoms with Crippen molar-refractivity contribution in [1.82, 2.24) is 0 Å². The summed E-state index contributed by atoms with van der Waals surface area (Å²) in [6.45, 7) is -0.175. The number of amides is 1. The van der Waals surface area contributed by atoms with E-state index >= 15 is 0 Å². The molecule has 3 aromatic rings. The van der Waals surface area contributed by atoms with Gasteiger partial charge in [0, 0.05) is 30.0 Å². The van der Waals surface area contributed by atoms with E-state index in [9.17, 15) is 19.4 Å². The molecule has 0 saturated heterocycles. The molecular formula is C26H26FN3O3. The third kappa shape index (κ3) is 4.66. The van der Waals surface area contributed by atoms with E-state index in [1.165, 1.54) is 12.1 Å². The van der Waals surface area contributed by atoms with Crippen LogP contribution in [0, 0.1) is 5.82 Å². The van der Waals surface area contributed by atoms with Crippen molar-refractivity contribution in [1.29, 1.82) is 0 Å². The van der Waals surface area contributed by atoms with Crippen molar-refractivity contribution in [2.45, 2.75) is 18.4 Å². The van der Waals surface area contributed by atoms with Crippen LogP contribution in [0.2, 0.25) is 0 Å². The van der Waals surface area contributed by atoms with Gasteiger partial charge in [-0.1, -0.05) is 42.5 Å². The largest absolute Gasteiger partial charge is 0.396 e. The Hall–Kier alpha value is -3.52. The van der Waals surface area contributed by atoms with Gasteiger partial charge in [0.05, 0.1) is 17.0 Å². The summed E-state index contributed by atoms with van der Waals surface area (Å²) in [6, 6.07) is 21.1. The van der Waals surface area contributed by atoms with Crippen molar-refractivity contribution in [3.63, 3.8) is 0 Å². The van der Waals surface area contributed by atoms with Crippen LogP contribution in [0.3, 0.4) is 0 Å². The fourth-order valence-corrected chi connectivity index (χ4v) is 4.12. The number of halogens is 1. The van der Waals surface area contributed by atoms with Crippen LogP contribution in [0.4, 0.5) is 15.8 Å². The zero-order valence-corrected chi connectivity index (χ0v) is 18.0. The van der Waals surface area contributed by atoms with Crippen LogP contribution in [-0.4, -0.2) is 29.3 Å². The van der Waals surface area contributed by atoms with Gasteiger partial charge in [-0.25, -0.2) is 4.39 Å². The van der Waals surface area contributed by atoms with Crippen LogP contribution in [0.25, 0.3) is 11.3 Å². The summed E-state index contributed by atoms with van der Waals surface area (Å²) in [5, 5.41) is 24.9. The lowest BCUT2D eigenvalue weighted by Crippen LogP contribution is -2.38. The number of carbonyl (C=O) groups is 1. The third-order valence-electron chi connectivity index (χ3n) is 5.88. The monoisotopic (exact) mass is 447 g/mol. The summed E-state index contributed by atoms with van der Waals surface area (Å²) < 4.78 is 13.7. The summed E-state index contributed by atoms with van der Waals surface area (Å²) in [6.07, 6.45) is 0.653. The molecule has 4 rings (SSSR count). The fourth-order valence-electron chi connectivity index (χ4n) is 4.12. The fraction of sp³-hybridized carbons (Fsp3) is 0.192. The second-order valence-corrected chi connectivity index (χ2v) is 8.07. The van der Waals surface area contributed by atoms with Gasteiger partial charge in [-0.3, -0.25) is 4.79 Å². The smallest absolute Gasteiger partial charge is 0.258 e. The highest BCUT2D eigenvalue weighted by Crippen LogP contribution is 2.38. The molecule has 0 fully saturated rings. The van der Waals surface area contributed by atoms with Gasteiger partial charge in [0.15, 0.2) is 0 Å². The molecule has 6 nitrogen and oxygen atoms in total. The molecule has 170 valence electrons. The molecule has 3 aromatic carbocycles. The molecule has 6 N–H and O–H groups in total. The predicted octanol–water partition coefficient (Wildman–Crippen LogP) is 3.68. The van der Waals surface area contributed by atoms with Crippen molar-refractivity contribution in [3.8, 4) is 0 Å². The molecule has 1 aliphatic rings. The second-order valence-electron chi connectivity index (χ2n) is 8.07. The van der Waals surface area contributed by atoms with Gasteiger partial charge in [-0.05, 0) is 54.3 Å². The molecule has 0 spiro atoms. The van der Waals surface area contributed by atoms with Gasteiger partial charge in [-0.2, -0.15) is 0 Å². The van der Waals surface area contributed by atoms with Crippen molar-refractivity contribution in [2.75, 3.05) is 23.8 Å². The summed E-state index contributed by atoms with van der Waals surface area (Å²) >= 11 is 0. The number of benzene rings is 3. The number of fused-ring (bicyclic) bond motifs is 1. The lowest BCUT2D eigenvalue weighted by Gasteiger charge is -2.29. The second kappa shape index (κ2) is 9.54. The first-order valence-electron chi connectivity index (χ1n) is 10.7. The number of aliphatic hydroxyl groups is 2. The minimum atomic E-state index is -0.836. The highest BCUT2D eigenvalue weighted by atomic mass is 19.1. The Kier molecular flexibility index (Phi) is 6.55. The number of rotatable bonds is 8. The average Bonchev–Trinajstić information content (AvgIpc) is 3.13. The van der Waals surface area contributed by atoms with Gasteiger partial charge < -0.3 is 26.6 Å². The topological polar surface area (TPSA) is 108 Å². The molecule has 1 amide bonds. The Bertz CT molecular complexity index is 1170. The number of nitrogens with two attached hydrogens (primary N) is 1. The van der Waals surface area contributed by atoms with Crippen molar-refractivity contribution in [3.05, 3.63) is 95.3 Å². The molecule has 7 heteroatoms. The van der Waals surface area contributed by atoms with E-state index in [2.05, 4.69) is 10.6 Å². The van der Waals surface area contributed by atoms with E-state index in [4.69, 9.17) is 5.73 Å². The normalized spacial score (nSPS) is 14.6. The van der Waals surface area contributed by atoms with Crippen LogP contribution in [0.5, 0.6) is 0 Å². The molecule has 33 heavy (non-hydrogen) atoms. The van der Waals surface area contributed by atoms with Crippen LogP contribution in [0.1, 0.15) is 29.5 Å². The highest BCUT2D eigenvalue weighted by molar-refractivity contribution is 6.37. The van der Waals surface area contributed by atoms with E-state index in [0.717, 1.165) is 16.8 Å². The molecule has 0 bridgehead atoms. The summed E-state index contributed by atoms with van der Waals surface area (Å²) in [5.41, 5.74) is 9.99. The Morgan fingerprint density at radius 1 is 0.970 bits per heavy atom. The minimum Gasteiger partial charge on any atom is -0.396 e. The maximum absolute atomic E-state index is 13.7. The Labute approximate surface area is 191 Å². The lowest BCUT2D eigenvalue weighted by molar-refractivity contribution is -0.110. The standard InChI is InChI=1S/C26H26FN3O3/c27-19-8-11-21-22(16-19)30-25(33)23(21)24(17-4-2-1-3-5-17)29-20-9-6-18(7-10-20)26(28,12-14-31)13-15-32/h1-11,16,29,31-32H,12-15,28H2,(H,30,33)/b24-23-.